The molecule has 20 heavy (non-hydrogen) atoms. The monoisotopic (exact) mass is 294 g/mol. The second-order valence-electron chi connectivity index (χ2n) is 3.89. The highest BCUT2D eigenvalue weighted by atomic mass is 19.4. The lowest BCUT2D eigenvalue weighted by molar-refractivity contribution is -0.141. The second kappa shape index (κ2) is 7.25. The van der Waals surface area contributed by atoms with Gasteiger partial charge < -0.3 is 20.1 Å². The predicted molar refractivity (Wildman–Crippen MR) is 67.8 cm³/mol. The summed E-state index contributed by atoms with van der Waals surface area (Å²) in [6.07, 6.45) is -4.56. The van der Waals surface area contributed by atoms with Crippen molar-refractivity contribution < 1.29 is 23.0 Å². The molecule has 2 N–H and O–H groups in total. The Balaban J connectivity index is 3.12. The zero-order chi connectivity index (χ0) is 15.2. The zero-order valence-electron chi connectivity index (χ0n) is 11.2. The van der Waals surface area contributed by atoms with E-state index in [1.54, 1.807) is 0 Å². The van der Waals surface area contributed by atoms with Gasteiger partial charge in [0.1, 0.15) is 5.82 Å². The summed E-state index contributed by atoms with van der Waals surface area (Å²) in [5, 5.41) is 11.5. The summed E-state index contributed by atoms with van der Waals surface area (Å²) in [7, 11) is 2.92. The summed E-state index contributed by atoms with van der Waals surface area (Å²) in [6.45, 7) is 0.569. The van der Waals surface area contributed by atoms with Crippen molar-refractivity contribution in [2.45, 2.75) is 6.18 Å². The SMILES string of the molecule is CNc1nc(N(CCO)CCOC)cc(C(F)(F)F)n1. The summed E-state index contributed by atoms with van der Waals surface area (Å²) in [6, 6.07) is 0.853. The van der Waals surface area contributed by atoms with E-state index in [4.69, 9.17) is 9.84 Å². The second-order valence-corrected chi connectivity index (χ2v) is 3.89. The van der Waals surface area contributed by atoms with Crippen LogP contribution in [0.25, 0.3) is 0 Å². The molecule has 0 saturated carbocycles. The Bertz CT molecular complexity index is 429. The number of aliphatic hydroxyl groups excluding tert-OH is 1. The fourth-order valence-electron chi connectivity index (χ4n) is 1.52. The van der Waals surface area contributed by atoms with Crippen LogP contribution >= 0.6 is 0 Å². The van der Waals surface area contributed by atoms with Gasteiger partial charge in [-0.05, 0) is 0 Å². The molecular weight excluding hydrogens is 277 g/mol. The molecule has 0 aliphatic carbocycles. The third-order valence-electron chi connectivity index (χ3n) is 2.49. The van der Waals surface area contributed by atoms with Gasteiger partial charge in [0.05, 0.1) is 13.2 Å². The topological polar surface area (TPSA) is 70.5 Å². The van der Waals surface area contributed by atoms with Crippen molar-refractivity contribution in [3.8, 4) is 0 Å². The maximum absolute atomic E-state index is 12.8. The number of nitrogens with zero attached hydrogens (tertiary/aromatic N) is 3. The summed E-state index contributed by atoms with van der Waals surface area (Å²) in [5.41, 5.74) is -1.03. The lowest BCUT2D eigenvalue weighted by Gasteiger charge is -2.23. The molecule has 0 saturated heterocycles. The number of hydrogen-bond donors (Lipinski definition) is 2. The number of ether oxygens (including phenoxy) is 1. The summed E-state index contributed by atoms with van der Waals surface area (Å²) in [5.74, 6) is -0.0436. The number of alkyl halides is 3. The van der Waals surface area contributed by atoms with Crippen LogP contribution in [0.3, 0.4) is 0 Å². The van der Waals surface area contributed by atoms with Gasteiger partial charge in [-0.3, -0.25) is 0 Å². The van der Waals surface area contributed by atoms with Crippen LogP contribution in [0.4, 0.5) is 24.9 Å². The Hall–Kier alpha value is -1.61. The van der Waals surface area contributed by atoms with Gasteiger partial charge in [-0.15, -0.1) is 0 Å². The molecule has 0 unspecified atom stereocenters. The van der Waals surface area contributed by atoms with Crippen molar-refractivity contribution >= 4 is 11.8 Å². The van der Waals surface area contributed by atoms with Crippen LogP contribution in [-0.2, 0) is 10.9 Å². The van der Waals surface area contributed by atoms with E-state index in [0.29, 0.717) is 13.2 Å². The van der Waals surface area contributed by atoms with Gasteiger partial charge in [-0.25, -0.2) is 4.98 Å². The number of aliphatic hydroxyl groups is 1. The highest BCUT2D eigenvalue weighted by molar-refractivity contribution is 5.45. The standard InChI is InChI=1S/C11H17F3N4O2/c1-15-10-16-8(11(12,13)14)7-9(17-10)18(3-5-19)4-6-20-2/h7,19H,3-6H2,1-2H3,(H,15,16,17). The summed E-state index contributed by atoms with van der Waals surface area (Å²) >= 11 is 0. The lowest BCUT2D eigenvalue weighted by atomic mass is 10.3. The van der Waals surface area contributed by atoms with E-state index in [2.05, 4.69) is 15.3 Å². The van der Waals surface area contributed by atoms with E-state index in [1.807, 2.05) is 0 Å². The lowest BCUT2D eigenvalue weighted by Crippen LogP contribution is -2.31. The average molecular weight is 294 g/mol. The third-order valence-corrected chi connectivity index (χ3v) is 2.49. The predicted octanol–water partition coefficient (Wildman–Crippen LogP) is 0.982. The molecule has 0 fully saturated rings. The minimum absolute atomic E-state index is 0.0859. The largest absolute Gasteiger partial charge is 0.433 e. The van der Waals surface area contributed by atoms with Gasteiger partial charge >= 0.3 is 6.18 Å². The van der Waals surface area contributed by atoms with Gasteiger partial charge in [-0.2, -0.15) is 18.2 Å². The Morgan fingerprint density at radius 1 is 1.35 bits per heavy atom. The molecule has 1 aromatic heterocycles. The number of aromatic nitrogens is 2. The smallest absolute Gasteiger partial charge is 0.395 e. The molecule has 0 spiro atoms. The molecule has 1 aromatic rings. The zero-order valence-corrected chi connectivity index (χ0v) is 11.2. The van der Waals surface area contributed by atoms with Crippen LogP contribution < -0.4 is 10.2 Å². The van der Waals surface area contributed by atoms with Crippen molar-refractivity contribution in [1.29, 1.82) is 0 Å². The first-order chi connectivity index (χ1) is 9.42. The number of halogens is 3. The first-order valence-electron chi connectivity index (χ1n) is 5.91. The van der Waals surface area contributed by atoms with Crippen molar-refractivity contribution in [2.24, 2.45) is 0 Å². The Labute approximate surface area is 114 Å². The van der Waals surface area contributed by atoms with E-state index in [9.17, 15) is 13.2 Å². The van der Waals surface area contributed by atoms with E-state index in [-0.39, 0.29) is 24.9 Å². The van der Waals surface area contributed by atoms with Gasteiger partial charge in [0.2, 0.25) is 5.95 Å². The normalized spacial score (nSPS) is 11.5. The first kappa shape index (κ1) is 16.4. The van der Waals surface area contributed by atoms with E-state index in [1.165, 1.54) is 19.1 Å². The van der Waals surface area contributed by atoms with Gasteiger partial charge in [-0.1, -0.05) is 0 Å². The van der Waals surface area contributed by atoms with Crippen LogP contribution in [-0.4, -0.2) is 55.5 Å². The van der Waals surface area contributed by atoms with Crippen LogP contribution in [0.1, 0.15) is 5.69 Å². The van der Waals surface area contributed by atoms with E-state index >= 15 is 0 Å². The summed E-state index contributed by atoms with van der Waals surface area (Å²) < 4.78 is 43.2. The maximum Gasteiger partial charge on any atom is 0.433 e. The molecule has 6 nitrogen and oxygen atoms in total. The Kier molecular flexibility index (Phi) is 5.96. The average Bonchev–Trinajstić information content (AvgIpc) is 2.42. The number of anilines is 2. The fraction of sp³-hybridized carbons (Fsp3) is 0.636. The van der Waals surface area contributed by atoms with Crippen LogP contribution in [0, 0.1) is 0 Å². The minimum atomic E-state index is -4.56. The van der Waals surface area contributed by atoms with Crippen molar-refractivity contribution in [2.75, 3.05) is 50.7 Å². The third kappa shape index (κ3) is 4.49. The molecule has 0 aliphatic heterocycles. The molecule has 1 rings (SSSR count). The molecule has 1 heterocycles. The Morgan fingerprint density at radius 2 is 2.05 bits per heavy atom. The molecule has 114 valence electrons. The van der Waals surface area contributed by atoms with Crippen LogP contribution in [0.5, 0.6) is 0 Å². The number of rotatable bonds is 7. The van der Waals surface area contributed by atoms with Crippen molar-refractivity contribution in [3.05, 3.63) is 11.8 Å². The highest BCUT2D eigenvalue weighted by Crippen LogP contribution is 2.30. The molecule has 0 atom stereocenters. The molecule has 0 radical (unpaired) electrons. The number of hydrogen-bond acceptors (Lipinski definition) is 6. The van der Waals surface area contributed by atoms with Gasteiger partial charge in [0.15, 0.2) is 5.69 Å². The first-order valence-corrected chi connectivity index (χ1v) is 5.91. The molecule has 0 aliphatic rings. The summed E-state index contributed by atoms with van der Waals surface area (Å²) in [4.78, 5) is 8.85. The molecule has 0 aromatic carbocycles. The van der Waals surface area contributed by atoms with Gasteiger partial charge in [0, 0.05) is 33.3 Å². The van der Waals surface area contributed by atoms with E-state index in [0.717, 1.165) is 6.07 Å². The Morgan fingerprint density at radius 3 is 2.55 bits per heavy atom. The van der Waals surface area contributed by atoms with E-state index < -0.39 is 11.9 Å². The molecule has 0 bridgehead atoms. The molecule has 9 heteroatoms. The van der Waals surface area contributed by atoms with Gasteiger partial charge in [0.25, 0.3) is 0 Å². The highest BCUT2D eigenvalue weighted by Gasteiger charge is 2.34. The fourth-order valence-corrected chi connectivity index (χ4v) is 1.52. The van der Waals surface area contributed by atoms with Crippen LogP contribution in [0.2, 0.25) is 0 Å². The van der Waals surface area contributed by atoms with Crippen molar-refractivity contribution in [1.82, 2.24) is 9.97 Å². The van der Waals surface area contributed by atoms with Crippen LogP contribution in [0.15, 0.2) is 6.07 Å². The maximum atomic E-state index is 12.8. The quantitative estimate of drug-likeness (QED) is 0.781. The molecular formula is C11H17F3N4O2. The van der Waals surface area contributed by atoms with Crippen molar-refractivity contribution in [3.63, 3.8) is 0 Å². The molecule has 0 amide bonds. The minimum Gasteiger partial charge on any atom is -0.395 e. The number of methoxy groups -OCH3 is 1. The number of nitrogens with one attached hydrogen (secondary N) is 1.